The molecular weight excluding hydrogens is 334 g/mol. The number of aromatic nitrogens is 1. The maximum Gasteiger partial charge on any atom is 0.242 e. The molecule has 1 saturated heterocycles. The van der Waals surface area contributed by atoms with Crippen molar-refractivity contribution in [3.05, 3.63) is 59.9 Å². The molecular formula is C19H23N3O2S. The average Bonchev–Trinajstić information content (AvgIpc) is 3.07. The van der Waals surface area contributed by atoms with E-state index in [0.29, 0.717) is 6.04 Å². The highest BCUT2D eigenvalue weighted by Crippen LogP contribution is 2.27. The third-order valence-electron chi connectivity index (χ3n) is 5.27. The largest absolute Gasteiger partial charge is 0.298 e. The number of hydrogen-bond donors (Lipinski definition) is 1. The second-order valence-electron chi connectivity index (χ2n) is 6.97. The minimum absolute atomic E-state index is 0.0392. The van der Waals surface area contributed by atoms with Crippen LogP contribution in [0.5, 0.6) is 0 Å². The molecule has 1 aliphatic carbocycles. The SMILES string of the molecule is O=S(=O)(N[C@H]1CCCN(C2Cc3ccccc3C2)C1)c1cccnc1. The number of fused-ring (bicyclic) bond motifs is 1. The second kappa shape index (κ2) is 6.86. The van der Waals surface area contributed by atoms with Crippen LogP contribution in [0.1, 0.15) is 24.0 Å². The van der Waals surface area contributed by atoms with Gasteiger partial charge in [-0.05, 0) is 55.5 Å². The van der Waals surface area contributed by atoms with E-state index in [2.05, 4.69) is 38.9 Å². The van der Waals surface area contributed by atoms with Gasteiger partial charge in [0.25, 0.3) is 0 Å². The number of nitrogens with zero attached hydrogens (tertiary/aromatic N) is 2. The molecule has 2 aliphatic rings. The van der Waals surface area contributed by atoms with Crippen LogP contribution in [0, 0.1) is 0 Å². The lowest BCUT2D eigenvalue weighted by Crippen LogP contribution is -2.51. The first-order valence-electron chi connectivity index (χ1n) is 8.85. The summed E-state index contributed by atoms with van der Waals surface area (Å²) >= 11 is 0. The van der Waals surface area contributed by atoms with Gasteiger partial charge in [-0.3, -0.25) is 9.88 Å². The molecule has 1 atom stereocenters. The van der Waals surface area contributed by atoms with Crippen LogP contribution >= 0.6 is 0 Å². The molecule has 5 nitrogen and oxygen atoms in total. The fourth-order valence-corrected chi connectivity index (χ4v) is 5.25. The van der Waals surface area contributed by atoms with Crippen LogP contribution in [0.25, 0.3) is 0 Å². The number of hydrogen-bond acceptors (Lipinski definition) is 4. The van der Waals surface area contributed by atoms with E-state index in [1.807, 2.05) is 0 Å². The van der Waals surface area contributed by atoms with Gasteiger partial charge in [-0.1, -0.05) is 24.3 Å². The van der Waals surface area contributed by atoms with Crippen molar-refractivity contribution in [1.29, 1.82) is 0 Å². The molecule has 1 fully saturated rings. The van der Waals surface area contributed by atoms with Crippen LogP contribution in [0.15, 0.2) is 53.7 Å². The lowest BCUT2D eigenvalue weighted by Gasteiger charge is -2.36. The molecule has 0 amide bonds. The van der Waals surface area contributed by atoms with Gasteiger partial charge in [0.1, 0.15) is 4.90 Å². The van der Waals surface area contributed by atoms with Crippen molar-refractivity contribution < 1.29 is 8.42 Å². The van der Waals surface area contributed by atoms with E-state index >= 15 is 0 Å². The molecule has 132 valence electrons. The zero-order valence-electron chi connectivity index (χ0n) is 14.1. The Labute approximate surface area is 149 Å². The fraction of sp³-hybridized carbons (Fsp3) is 0.421. The standard InChI is InChI=1S/C19H23N3O2S/c23-25(24,19-8-3-9-20-13-19)21-17-7-4-10-22(14-17)18-11-15-5-1-2-6-16(15)12-18/h1-3,5-6,8-9,13,17-18,21H,4,7,10-12,14H2/t17-/m0/s1. The Hall–Kier alpha value is -1.76. The number of piperidine rings is 1. The second-order valence-corrected chi connectivity index (χ2v) is 8.69. The molecule has 1 aromatic carbocycles. The van der Waals surface area contributed by atoms with E-state index in [-0.39, 0.29) is 10.9 Å². The van der Waals surface area contributed by atoms with Crippen LogP contribution < -0.4 is 4.72 Å². The molecule has 6 heteroatoms. The summed E-state index contributed by atoms with van der Waals surface area (Å²) in [5.41, 5.74) is 2.87. The van der Waals surface area contributed by atoms with Gasteiger partial charge in [-0.25, -0.2) is 13.1 Å². The maximum atomic E-state index is 12.5. The van der Waals surface area contributed by atoms with Crippen molar-refractivity contribution in [1.82, 2.24) is 14.6 Å². The summed E-state index contributed by atoms with van der Waals surface area (Å²) in [6, 6.07) is 12.3. The molecule has 2 heterocycles. The zero-order chi connectivity index (χ0) is 17.3. The third-order valence-corrected chi connectivity index (χ3v) is 6.77. The monoisotopic (exact) mass is 357 g/mol. The summed E-state index contributed by atoms with van der Waals surface area (Å²) in [5.74, 6) is 0. The van der Waals surface area contributed by atoms with Gasteiger partial charge < -0.3 is 0 Å². The quantitative estimate of drug-likeness (QED) is 0.909. The van der Waals surface area contributed by atoms with Gasteiger partial charge in [0.2, 0.25) is 10.0 Å². The summed E-state index contributed by atoms with van der Waals surface area (Å²) in [6.07, 6.45) is 7.02. The van der Waals surface area contributed by atoms with Gasteiger partial charge in [0, 0.05) is 31.0 Å². The third kappa shape index (κ3) is 3.61. The Kier molecular flexibility index (Phi) is 4.58. The summed E-state index contributed by atoms with van der Waals surface area (Å²) < 4.78 is 28.0. The maximum absolute atomic E-state index is 12.5. The van der Waals surface area contributed by atoms with Crippen molar-refractivity contribution in [2.75, 3.05) is 13.1 Å². The molecule has 1 N–H and O–H groups in total. The zero-order valence-corrected chi connectivity index (χ0v) is 15.0. The van der Waals surface area contributed by atoms with E-state index in [1.165, 1.54) is 17.3 Å². The smallest absolute Gasteiger partial charge is 0.242 e. The molecule has 0 saturated carbocycles. The molecule has 2 aromatic rings. The fourth-order valence-electron chi connectivity index (χ4n) is 4.02. The van der Waals surface area contributed by atoms with Crippen molar-refractivity contribution in [3.63, 3.8) is 0 Å². The molecule has 25 heavy (non-hydrogen) atoms. The van der Waals surface area contributed by atoms with Gasteiger partial charge in [0.05, 0.1) is 0 Å². The van der Waals surface area contributed by atoms with E-state index in [1.54, 1.807) is 18.3 Å². The van der Waals surface area contributed by atoms with Crippen molar-refractivity contribution in [3.8, 4) is 0 Å². The molecule has 4 rings (SSSR count). The van der Waals surface area contributed by atoms with Gasteiger partial charge in [0.15, 0.2) is 0 Å². The first kappa shape index (κ1) is 16.7. The average molecular weight is 357 g/mol. The molecule has 0 spiro atoms. The topological polar surface area (TPSA) is 62.3 Å². The molecule has 0 unspecified atom stereocenters. The molecule has 0 radical (unpaired) electrons. The highest BCUT2D eigenvalue weighted by molar-refractivity contribution is 7.89. The predicted octanol–water partition coefficient (Wildman–Crippen LogP) is 1.99. The van der Waals surface area contributed by atoms with E-state index in [9.17, 15) is 8.42 Å². The predicted molar refractivity (Wildman–Crippen MR) is 96.8 cm³/mol. The lowest BCUT2D eigenvalue weighted by molar-refractivity contribution is 0.148. The van der Waals surface area contributed by atoms with Crippen LogP contribution in [0.4, 0.5) is 0 Å². The van der Waals surface area contributed by atoms with Crippen molar-refractivity contribution in [2.45, 2.75) is 42.7 Å². The lowest BCUT2D eigenvalue weighted by atomic mass is 10.0. The number of benzene rings is 1. The normalized spacial score (nSPS) is 22.0. The van der Waals surface area contributed by atoms with E-state index < -0.39 is 10.0 Å². The summed E-state index contributed by atoms with van der Waals surface area (Å²) in [4.78, 5) is 6.61. The molecule has 1 aliphatic heterocycles. The number of pyridine rings is 1. The Morgan fingerprint density at radius 1 is 1.08 bits per heavy atom. The van der Waals surface area contributed by atoms with Gasteiger partial charge in [-0.2, -0.15) is 0 Å². The van der Waals surface area contributed by atoms with Crippen LogP contribution in [0.2, 0.25) is 0 Å². The van der Waals surface area contributed by atoms with Gasteiger partial charge in [-0.15, -0.1) is 0 Å². The minimum Gasteiger partial charge on any atom is -0.298 e. The Morgan fingerprint density at radius 3 is 2.52 bits per heavy atom. The minimum atomic E-state index is -3.50. The van der Waals surface area contributed by atoms with Crippen molar-refractivity contribution >= 4 is 10.0 Å². The van der Waals surface area contributed by atoms with Crippen LogP contribution in [-0.4, -0.2) is 43.5 Å². The summed E-state index contributed by atoms with van der Waals surface area (Å²) in [6.45, 7) is 1.82. The number of nitrogens with one attached hydrogen (secondary N) is 1. The number of likely N-dealkylation sites (tertiary alicyclic amines) is 1. The Morgan fingerprint density at radius 2 is 1.84 bits per heavy atom. The first-order chi connectivity index (χ1) is 12.1. The summed E-state index contributed by atoms with van der Waals surface area (Å²) in [7, 11) is -3.50. The Balaban J connectivity index is 1.42. The van der Waals surface area contributed by atoms with Gasteiger partial charge >= 0.3 is 0 Å². The number of sulfonamides is 1. The highest BCUT2D eigenvalue weighted by atomic mass is 32.2. The van der Waals surface area contributed by atoms with Crippen LogP contribution in [0.3, 0.4) is 0 Å². The molecule has 1 aromatic heterocycles. The molecule has 0 bridgehead atoms. The van der Waals surface area contributed by atoms with E-state index in [4.69, 9.17) is 0 Å². The Bertz CT molecular complexity index is 814. The first-order valence-corrected chi connectivity index (χ1v) is 10.3. The van der Waals surface area contributed by atoms with E-state index in [0.717, 1.165) is 38.8 Å². The van der Waals surface area contributed by atoms with Crippen LogP contribution in [-0.2, 0) is 22.9 Å². The number of rotatable bonds is 4. The van der Waals surface area contributed by atoms with Crippen molar-refractivity contribution in [2.24, 2.45) is 0 Å². The highest BCUT2D eigenvalue weighted by Gasteiger charge is 2.32. The summed E-state index contributed by atoms with van der Waals surface area (Å²) in [5, 5.41) is 0.